The second-order valence-corrected chi connectivity index (χ2v) is 5.15. The lowest BCUT2D eigenvalue weighted by atomic mass is 10.1. The number of carbonyl (C=O) groups excluding carboxylic acids is 1. The topological polar surface area (TPSA) is 38.3 Å². The predicted octanol–water partition coefficient (Wildman–Crippen LogP) is 4.80. The summed E-state index contributed by atoms with van der Waals surface area (Å²) in [7, 11) is 1.53. The average molecular weight is 341 g/mol. The number of alkyl halides is 3. The third-order valence-corrected chi connectivity index (χ3v) is 3.50. The molecule has 2 aromatic rings. The highest BCUT2D eigenvalue weighted by Crippen LogP contribution is 2.32. The number of amides is 1. The molecule has 0 aromatic heterocycles. The Balaban J connectivity index is 2.25. The van der Waals surface area contributed by atoms with Crippen molar-refractivity contribution in [1.82, 2.24) is 0 Å². The van der Waals surface area contributed by atoms with E-state index >= 15 is 0 Å². The molecule has 0 heterocycles. The second-order valence-electron chi connectivity index (χ2n) is 5.15. The van der Waals surface area contributed by atoms with Gasteiger partial charge in [0.15, 0.2) is 0 Å². The molecule has 0 bridgehead atoms. The van der Waals surface area contributed by atoms with Crippen molar-refractivity contribution < 1.29 is 27.1 Å². The molecule has 0 saturated heterocycles. The van der Waals surface area contributed by atoms with Crippen molar-refractivity contribution >= 4 is 11.6 Å². The monoisotopic (exact) mass is 341 g/mol. The molecule has 2 aromatic carbocycles. The summed E-state index contributed by atoms with van der Waals surface area (Å²) in [6.45, 7) is 1.82. The normalized spacial score (nSPS) is 12.8. The summed E-state index contributed by atoms with van der Waals surface area (Å²) >= 11 is 0. The molecule has 1 atom stereocenters. The van der Waals surface area contributed by atoms with Crippen LogP contribution in [0.4, 0.5) is 23.2 Å². The van der Waals surface area contributed by atoms with Crippen LogP contribution in [0.3, 0.4) is 0 Å². The maximum absolute atomic E-state index is 13.3. The quantitative estimate of drug-likeness (QED) is 0.811. The molecule has 1 amide bonds. The van der Waals surface area contributed by atoms with Crippen molar-refractivity contribution in [3.05, 3.63) is 65.0 Å². The molecule has 7 heteroatoms. The van der Waals surface area contributed by atoms with E-state index in [9.17, 15) is 22.4 Å². The lowest BCUT2D eigenvalue weighted by molar-refractivity contribution is -0.140. The summed E-state index contributed by atoms with van der Waals surface area (Å²) < 4.78 is 56.6. The Labute approximate surface area is 136 Å². The Morgan fingerprint density at radius 3 is 2.50 bits per heavy atom. The first kappa shape index (κ1) is 17.9. The van der Waals surface area contributed by atoms with Crippen LogP contribution >= 0.6 is 0 Å². The summed E-state index contributed by atoms with van der Waals surface area (Å²) in [5.41, 5.74) is -0.560. The molecule has 1 unspecified atom stereocenters. The van der Waals surface area contributed by atoms with E-state index in [1.165, 1.54) is 7.11 Å². The van der Waals surface area contributed by atoms with Crippen molar-refractivity contribution in [2.24, 2.45) is 0 Å². The van der Waals surface area contributed by atoms with Crippen LogP contribution < -0.4 is 5.32 Å². The number of ether oxygens (including phenoxy) is 1. The van der Waals surface area contributed by atoms with Crippen molar-refractivity contribution in [2.75, 3.05) is 12.4 Å². The highest BCUT2D eigenvalue weighted by Gasteiger charge is 2.34. The number of rotatable bonds is 4. The Kier molecular flexibility index (Phi) is 5.23. The largest absolute Gasteiger partial charge is 0.419 e. The second kappa shape index (κ2) is 7.00. The Morgan fingerprint density at radius 1 is 1.17 bits per heavy atom. The molecule has 0 aliphatic rings. The zero-order chi connectivity index (χ0) is 17.9. The van der Waals surface area contributed by atoms with E-state index in [0.717, 1.165) is 11.6 Å². The van der Waals surface area contributed by atoms with Crippen LogP contribution in [0.15, 0.2) is 42.5 Å². The van der Waals surface area contributed by atoms with Gasteiger partial charge < -0.3 is 10.1 Å². The van der Waals surface area contributed by atoms with E-state index in [1.807, 2.05) is 6.92 Å². The van der Waals surface area contributed by atoms with Crippen LogP contribution in [0.25, 0.3) is 0 Å². The molecule has 1 N–H and O–H groups in total. The van der Waals surface area contributed by atoms with Gasteiger partial charge in [-0.2, -0.15) is 13.2 Å². The summed E-state index contributed by atoms with van der Waals surface area (Å²) in [6.07, 6.45) is -5.07. The fourth-order valence-corrected chi connectivity index (χ4v) is 2.09. The molecular formula is C17H15F4NO2. The molecule has 0 spiro atoms. The number of benzene rings is 2. The van der Waals surface area contributed by atoms with Gasteiger partial charge >= 0.3 is 6.18 Å². The Bertz CT molecular complexity index is 744. The third-order valence-electron chi connectivity index (χ3n) is 3.50. The molecule has 0 aliphatic carbocycles. The predicted molar refractivity (Wildman–Crippen MR) is 81.2 cm³/mol. The van der Waals surface area contributed by atoms with Crippen LogP contribution in [-0.4, -0.2) is 13.0 Å². The molecule has 128 valence electrons. The lowest BCUT2D eigenvalue weighted by Gasteiger charge is -2.13. The van der Waals surface area contributed by atoms with Gasteiger partial charge in [-0.1, -0.05) is 12.1 Å². The first-order valence-corrected chi connectivity index (χ1v) is 7.03. The maximum Gasteiger partial charge on any atom is 0.419 e. The number of carbonyl (C=O) groups is 1. The average Bonchev–Trinajstić information content (AvgIpc) is 2.53. The third kappa shape index (κ3) is 4.11. The SMILES string of the molecule is COC(C)c1cccc(NC(=O)c2ccc(F)c(C(F)(F)F)c2)c1. The summed E-state index contributed by atoms with van der Waals surface area (Å²) in [6, 6.07) is 8.85. The van der Waals surface area contributed by atoms with E-state index in [-0.39, 0.29) is 11.7 Å². The molecule has 0 aliphatic heterocycles. The highest BCUT2D eigenvalue weighted by atomic mass is 19.4. The number of halogens is 4. The number of hydrogen-bond donors (Lipinski definition) is 1. The van der Waals surface area contributed by atoms with Crippen molar-refractivity contribution in [1.29, 1.82) is 0 Å². The van der Waals surface area contributed by atoms with Crippen LogP contribution in [-0.2, 0) is 10.9 Å². The molecule has 3 nitrogen and oxygen atoms in total. The first-order valence-electron chi connectivity index (χ1n) is 7.03. The summed E-state index contributed by atoms with van der Waals surface area (Å²) in [4.78, 5) is 12.1. The summed E-state index contributed by atoms with van der Waals surface area (Å²) in [5, 5.41) is 2.49. The number of hydrogen-bond acceptors (Lipinski definition) is 2. The van der Waals surface area contributed by atoms with Gasteiger partial charge in [0.05, 0.1) is 11.7 Å². The van der Waals surface area contributed by atoms with Crippen LogP contribution in [0.2, 0.25) is 0 Å². The van der Waals surface area contributed by atoms with E-state index in [4.69, 9.17) is 4.74 Å². The first-order chi connectivity index (χ1) is 11.2. The van der Waals surface area contributed by atoms with Gasteiger partial charge in [-0.05, 0) is 42.8 Å². The standard InChI is InChI=1S/C17H15F4NO2/c1-10(24-2)11-4-3-5-13(8-11)22-16(23)12-6-7-15(18)14(9-12)17(19,20)21/h3-10H,1-2H3,(H,22,23). The molecule has 24 heavy (non-hydrogen) atoms. The van der Waals surface area contributed by atoms with Crippen LogP contribution in [0.1, 0.15) is 34.5 Å². The van der Waals surface area contributed by atoms with Gasteiger partial charge in [-0.3, -0.25) is 4.79 Å². The van der Waals surface area contributed by atoms with Crippen LogP contribution in [0, 0.1) is 5.82 Å². The molecule has 0 radical (unpaired) electrons. The van der Waals surface area contributed by atoms with E-state index < -0.39 is 23.5 Å². The zero-order valence-electron chi connectivity index (χ0n) is 12.9. The fraction of sp³-hybridized carbons (Fsp3) is 0.235. The van der Waals surface area contributed by atoms with E-state index in [0.29, 0.717) is 17.8 Å². The number of anilines is 1. The van der Waals surface area contributed by atoms with Crippen LogP contribution in [0.5, 0.6) is 0 Å². The number of methoxy groups -OCH3 is 1. The number of nitrogens with one attached hydrogen (secondary N) is 1. The van der Waals surface area contributed by atoms with Crippen molar-refractivity contribution in [2.45, 2.75) is 19.2 Å². The van der Waals surface area contributed by atoms with Gasteiger partial charge in [0.1, 0.15) is 5.82 Å². The minimum Gasteiger partial charge on any atom is -0.377 e. The fourth-order valence-electron chi connectivity index (χ4n) is 2.09. The highest BCUT2D eigenvalue weighted by molar-refractivity contribution is 6.04. The molecular weight excluding hydrogens is 326 g/mol. The van der Waals surface area contributed by atoms with Gasteiger partial charge in [0.2, 0.25) is 0 Å². The van der Waals surface area contributed by atoms with Gasteiger partial charge in [-0.15, -0.1) is 0 Å². The molecule has 2 rings (SSSR count). The van der Waals surface area contributed by atoms with Gasteiger partial charge in [-0.25, -0.2) is 4.39 Å². The Hall–Kier alpha value is -2.41. The Morgan fingerprint density at radius 2 is 1.88 bits per heavy atom. The minimum absolute atomic E-state index is 0.204. The van der Waals surface area contributed by atoms with Gasteiger partial charge in [0, 0.05) is 18.4 Å². The van der Waals surface area contributed by atoms with Gasteiger partial charge in [0.25, 0.3) is 5.91 Å². The zero-order valence-corrected chi connectivity index (χ0v) is 12.9. The molecule has 0 fully saturated rings. The smallest absolute Gasteiger partial charge is 0.377 e. The minimum atomic E-state index is -4.87. The van der Waals surface area contributed by atoms with Crippen molar-refractivity contribution in [3.8, 4) is 0 Å². The summed E-state index contributed by atoms with van der Waals surface area (Å²) in [5.74, 6) is -2.18. The van der Waals surface area contributed by atoms with E-state index in [1.54, 1.807) is 24.3 Å². The maximum atomic E-state index is 13.3. The van der Waals surface area contributed by atoms with E-state index in [2.05, 4.69) is 5.32 Å². The van der Waals surface area contributed by atoms with Crippen molar-refractivity contribution in [3.63, 3.8) is 0 Å². The molecule has 0 saturated carbocycles. The lowest BCUT2D eigenvalue weighted by Crippen LogP contribution is -2.15.